The standard InChI is InChI=1S/C12H14N2O3/c1-17-11-4-2-10(3-5-11)6-7-14-12(16)8-13-9-15/h2-5H,6-8H2,1H3,(H,14,16). The third-order valence-corrected chi connectivity index (χ3v) is 2.18. The van der Waals surface area contributed by atoms with Gasteiger partial charge in [-0.15, -0.1) is 0 Å². The third kappa shape index (κ3) is 4.95. The summed E-state index contributed by atoms with van der Waals surface area (Å²) in [6.07, 6.45) is 2.04. The molecule has 1 rings (SSSR count). The molecule has 0 spiro atoms. The normalized spacial score (nSPS) is 9.24. The van der Waals surface area contributed by atoms with Crippen LogP contribution in [-0.4, -0.2) is 32.2 Å². The number of hydrogen-bond donors (Lipinski definition) is 1. The minimum absolute atomic E-state index is 0.161. The van der Waals surface area contributed by atoms with Gasteiger partial charge in [-0.25, -0.2) is 4.79 Å². The van der Waals surface area contributed by atoms with Crippen LogP contribution in [-0.2, 0) is 16.0 Å². The highest BCUT2D eigenvalue weighted by Gasteiger charge is 1.99. The minimum Gasteiger partial charge on any atom is -0.497 e. The number of methoxy groups -OCH3 is 1. The van der Waals surface area contributed by atoms with Crippen LogP contribution in [0.2, 0.25) is 0 Å². The van der Waals surface area contributed by atoms with Gasteiger partial charge in [0.1, 0.15) is 12.3 Å². The van der Waals surface area contributed by atoms with Crippen molar-refractivity contribution in [2.75, 3.05) is 20.2 Å². The summed E-state index contributed by atoms with van der Waals surface area (Å²) in [5.74, 6) is 0.528. The van der Waals surface area contributed by atoms with Crippen LogP contribution >= 0.6 is 0 Å². The van der Waals surface area contributed by atoms with E-state index >= 15 is 0 Å². The molecule has 0 radical (unpaired) electrons. The van der Waals surface area contributed by atoms with Crippen LogP contribution in [0.4, 0.5) is 0 Å². The maximum absolute atomic E-state index is 11.1. The second kappa shape index (κ2) is 7.19. The minimum atomic E-state index is -0.276. The molecule has 0 aliphatic heterocycles. The van der Waals surface area contributed by atoms with Gasteiger partial charge < -0.3 is 10.1 Å². The molecule has 5 nitrogen and oxygen atoms in total. The molecular weight excluding hydrogens is 220 g/mol. The molecular formula is C12H14N2O3. The van der Waals surface area contributed by atoms with Crippen molar-refractivity contribution in [3.8, 4) is 5.75 Å². The SMILES string of the molecule is COc1ccc(CCNC(=O)CN=C=O)cc1. The first-order valence-corrected chi connectivity index (χ1v) is 5.19. The van der Waals surface area contributed by atoms with Crippen molar-refractivity contribution in [3.63, 3.8) is 0 Å². The zero-order valence-corrected chi connectivity index (χ0v) is 9.60. The largest absolute Gasteiger partial charge is 0.497 e. The summed E-state index contributed by atoms with van der Waals surface area (Å²) in [5.41, 5.74) is 1.10. The molecule has 0 aliphatic carbocycles. The lowest BCUT2D eigenvalue weighted by molar-refractivity contribution is -0.119. The summed E-state index contributed by atoms with van der Waals surface area (Å²) in [6, 6.07) is 7.62. The Morgan fingerprint density at radius 2 is 2.12 bits per heavy atom. The molecule has 0 saturated carbocycles. The fourth-order valence-electron chi connectivity index (χ4n) is 1.30. The lowest BCUT2D eigenvalue weighted by Gasteiger charge is -2.04. The van der Waals surface area contributed by atoms with E-state index in [9.17, 15) is 9.59 Å². The Balaban J connectivity index is 2.30. The predicted octanol–water partition coefficient (Wildman–Crippen LogP) is 0.690. The van der Waals surface area contributed by atoms with E-state index in [1.54, 1.807) is 7.11 Å². The number of rotatable bonds is 6. The number of benzene rings is 1. The van der Waals surface area contributed by atoms with Gasteiger partial charge in [0.05, 0.1) is 7.11 Å². The summed E-state index contributed by atoms with van der Waals surface area (Å²) in [5, 5.41) is 2.65. The molecule has 0 atom stereocenters. The molecule has 5 heteroatoms. The molecule has 0 fully saturated rings. The van der Waals surface area contributed by atoms with Crippen molar-refractivity contribution in [2.45, 2.75) is 6.42 Å². The molecule has 0 unspecified atom stereocenters. The van der Waals surface area contributed by atoms with E-state index in [2.05, 4.69) is 10.3 Å². The highest BCUT2D eigenvalue weighted by Crippen LogP contribution is 2.11. The number of nitrogens with one attached hydrogen (secondary N) is 1. The first kappa shape index (κ1) is 12.9. The van der Waals surface area contributed by atoms with Crippen LogP contribution in [0.5, 0.6) is 5.75 Å². The number of ether oxygens (including phenoxy) is 1. The van der Waals surface area contributed by atoms with Gasteiger partial charge in [0.2, 0.25) is 12.0 Å². The van der Waals surface area contributed by atoms with E-state index in [-0.39, 0.29) is 12.5 Å². The maximum atomic E-state index is 11.1. The van der Waals surface area contributed by atoms with Gasteiger partial charge in [-0.05, 0) is 24.1 Å². The average molecular weight is 234 g/mol. The Bertz CT molecular complexity index is 408. The molecule has 1 amide bonds. The lowest BCUT2D eigenvalue weighted by Crippen LogP contribution is -2.27. The van der Waals surface area contributed by atoms with Gasteiger partial charge in [-0.3, -0.25) is 4.79 Å². The van der Waals surface area contributed by atoms with Crippen molar-refractivity contribution in [1.29, 1.82) is 0 Å². The summed E-state index contributed by atoms with van der Waals surface area (Å²) >= 11 is 0. The number of amides is 1. The fraction of sp³-hybridized carbons (Fsp3) is 0.333. The molecule has 0 aliphatic rings. The van der Waals surface area contributed by atoms with Crippen molar-refractivity contribution in [3.05, 3.63) is 29.8 Å². The van der Waals surface area contributed by atoms with Gasteiger partial charge in [-0.1, -0.05) is 12.1 Å². The number of carbonyl (C=O) groups is 1. The first-order valence-electron chi connectivity index (χ1n) is 5.19. The second-order valence-corrected chi connectivity index (χ2v) is 3.36. The predicted molar refractivity (Wildman–Crippen MR) is 62.7 cm³/mol. The molecule has 0 bridgehead atoms. The zero-order valence-electron chi connectivity index (χ0n) is 9.60. The van der Waals surface area contributed by atoms with Crippen LogP contribution in [0, 0.1) is 0 Å². The van der Waals surface area contributed by atoms with E-state index in [0.717, 1.165) is 17.7 Å². The number of hydrogen-bond acceptors (Lipinski definition) is 4. The molecule has 90 valence electrons. The zero-order chi connectivity index (χ0) is 12.5. The molecule has 17 heavy (non-hydrogen) atoms. The molecule has 0 heterocycles. The number of nitrogens with zero attached hydrogens (tertiary/aromatic N) is 1. The summed E-state index contributed by atoms with van der Waals surface area (Å²) in [7, 11) is 1.61. The lowest BCUT2D eigenvalue weighted by atomic mass is 10.1. The van der Waals surface area contributed by atoms with Crippen LogP contribution in [0.1, 0.15) is 5.56 Å². The van der Waals surface area contributed by atoms with Crippen LogP contribution < -0.4 is 10.1 Å². The highest BCUT2D eigenvalue weighted by atomic mass is 16.5. The quantitative estimate of drug-likeness (QED) is 0.581. The Hall–Kier alpha value is -2.13. The molecule has 1 aromatic carbocycles. The number of isocyanates is 1. The topological polar surface area (TPSA) is 67.8 Å². The van der Waals surface area contributed by atoms with E-state index in [1.165, 1.54) is 6.08 Å². The van der Waals surface area contributed by atoms with Crippen LogP contribution in [0.15, 0.2) is 29.3 Å². The Labute approximate surface area is 99.5 Å². The molecule has 0 aromatic heterocycles. The second-order valence-electron chi connectivity index (χ2n) is 3.36. The number of carbonyl (C=O) groups excluding carboxylic acids is 2. The van der Waals surface area contributed by atoms with Gasteiger partial charge in [-0.2, -0.15) is 4.99 Å². The third-order valence-electron chi connectivity index (χ3n) is 2.18. The Kier molecular flexibility index (Phi) is 5.47. The van der Waals surface area contributed by atoms with Gasteiger partial charge in [0.25, 0.3) is 0 Å². The monoisotopic (exact) mass is 234 g/mol. The molecule has 0 saturated heterocycles. The first-order chi connectivity index (χ1) is 8.26. The summed E-state index contributed by atoms with van der Waals surface area (Å²) in [6.45, 7) is 0.353. The van der Waals surface area contributed by atoms with Crippen molar-refractivity contribution in [1.82, 2.24) is 5.32 Å². The fourth-order valence-corrected chi connectivity index (χ4v) is 1.30. The van der Waals surface area contributed by atoms with Crippen LogP contribution in [0.3, 0.4) is 0 Å². The van der Waals surface area contributed by atoms with Crippen molar-refractivity contribution >= 4 is 12.0 Å². The van der Waals surface area contributed by atoms with Crippen LogP contribution in [0.25, 0.3) is 0 Å². The molecule has 1 N–H and O–H groups in total. The van der Waals surface area contributed by atoms with E-state index in [4.69, 9.17) is 4.74 Å². The maximum Gasteiger partial charge on any atom is 0.242 e. The van der Waals surface area contributed by atoms with E-state index < -0.39 is 0 Å². The Morgan fingerprint density at radius 3 is 2.71 bits per heavy atom. The van der Waals surface area contributed by atoms with Gasteiger partial charge in [0.15, 0.2) is 0 Å². The smallest absolute Gasteiger partial charge is 0.242 e. The van der Waals surface area contributed by atoms with Gasteiger partial charge in [0, 0.05) is 6.54 Å². The van der Waals surface area contributed by atoms with Gasteiger partial charge >= 0.3 is 0 Å². The summed E-state index contributed by atoms with van der Waals surface area (Å²) < 4.78 is 5.04. The van der Waals surface area contributed by atoms with E-state index in [0.29, 0.717) is 6.54 Å². The van der Waals surface area contributed by atoms with Crippen molar-refractivity contribution in [2.24, 2.45) is 4.99 Å². The van der Waals surface area contributed by atoms with Crippen molar-refractivity contribution < 1.29 is 14.3 Å². The van der Waals surface area contributed by atoms with E-state index in [1.807, 2.05) is 24.3 Å². The molecule has 1 aromatic rings. The Morgan fingerprint density at radius 1 is 1.41 bits per heavy atom. The number of aliphatic imine (C=N–C) groups is 1. The highest BCUT2D eigenvalue weighted by molar-refractivity contribution is 5.78. The summed E-state index contributed by atoms with van der Waals surface area (Å²) in [4.78, 5) is 24.1. The average Bonchev–Trinajstić information content (AvgIpc) is 2.37.